The third-order valence-electron chi connectivity index (χ3n) is 2.17. The van der Waals surface area contributed by atoms with E-state index in [2.05, 4.69) is 6.58 Å². The van der Waals surface area contributed by atoms with E-state index in [0.29, 0.717) is 5.56 Å². The van der Waals surface area contributed by atoms with Crippen LogP contribution in [0.15, 0.2) is 30.4 Å². The van der Waals surface area contributed by atoms with E-state index in [1.54, 1.807) is 19.1 Å². The molecule has 0 saturated carbocycles. The molecule has 0 amide bonds. The maximum Gasteiger partial charge on any atom is 0.339 e. The lowest BCUT2D eigenvalue weighted by Gasteiger charge is -2.05. The van der Waals surface area contributed by atoms with E-state index >= 15 is 0 Å². The van der Waals surface area contributed by atoms with E-state index < -0.39 is 17.3 Å². The predicted molar refractivity (Wildman–Crippen MR) is 57.0 cm³/mol. The van der Waals surface area contributed by atoms with Crippen LogP contribution >= 0.6 is 0 Å². The van der Waals surface area contributed by atoms with Gasteiger partial charge in [0.25, 0.3) is 0 Å². The average Bonchev–Trinajstić information content (AvgIpc) is 2.19. The number of aliphatic carboxylic acids is 1. The molecular formula is C12H12O3. The number of Topliss-reactive ketones (excluding diaryl/α,β-unsaturated/α-hetero) is 1. The van der Waals surface area contributed by atoms with Gasteiger partial charge in [-0.05, 0) is 25.5 Å². The number of aryl methyl sites for hydroxylation is 2. The molecule has 0 bridgehead atoms. The van der Waals surface area contributed by atoms with Gasteiger partial charge in [-0.2, -0.15) is 0 Å². The van der Waals surface area contributed by atoms with Crippen molar-refractivity contribution in [2.24, 2.45) is 0 Å². The summed E-state index contributed by atoms with van der Waals surface area (Å²) in [6.07, 6.45) is 0. The van der Waals surface area contributed by atoms with Crippen LogP contribution in [0.3, 0.4) is 0 Å². The van der Waals surface area contributed by atoms with Crippen molar-refractivity contribution < 1.29 is 14.7 Å². The number of carboxylic acid groups (broad SMARTS) is 1. The largest absolute Gasteiger partial charge is 0.478 e. The van der Waals surface area contributed by atoms with E-state index in [-0.39, 0.29) is 0 Å². The van der Waals surface area contributed by atoms with Crippen LogP contribution in [0, 0.1) is 13.8 Å². The molecule has 0 aliphatic heterocycles. The molecule has 3 nitrogen and oxygen atoms in total. The Labute approximate surface area is 88.0 Å². The zero-order valence-electron chi connectivity index (χ0n) is 8.70. The van der Waals surface area contributed by atoms with Gasteiger partial charge in [-0.25, -0.2) is 4.79 Å². The predicted octanol–water partition coefficient (Wildman–Crippen LogP) is 2.13. The SMILES string of the molecule is C=C(C(=O)O)C(=O)c1cc(C)ccc1C. The number of carbonyl (C=O) groups excluding carboxylic acids is 1. The number of hydrogen-bond acceptors (Lipinski definition) is 2. The first-order chi connectivity index (χ1) is 6.93. The van der Waals surface area contributed by atoms with Crippen LogP contribution in [-0.4, -0.2) is 16.9 Å². The van der Waals surface area contributed by atoms with Crippen molar-refractivity contribution in [1.29, 1.82) is 0 Å². The van der Waals surface area contributed by atoms with Crippen LogP contribution in [0.4, 0.5) is 0 Å². The lowest BCUT2D eigenvalue weighted by Crippen LogP contribution is -2.12. The van der Waals surface area contributed by atoms with Gasteiger partial charge in [0.1, 0.15) is 5.57 Å². The summed E-state index contributed by atoms with van der Waals surface area (Å²) < 4.78 is 0. The van der Waals surface area contributed by atoms with E-state index in [0.717, 1.165) is 11.1 Å². The van der Waals surface area contributed by atoms with Crippen molar-refractivity contribution in [3.8, 4) is 0 Å². The Balaban J connectivity index is 3.17. The lowest BCUT2D eigenvalue weighted by atomic mass is 9.98. The monoisotopic (exact) mass is 204 g/mol. The Morgan fingerprint density at radius 2 is 1.87 bits per heavy atom. The molecule has 1 N–H and O–H groups in total. The Hall–Kier alpha value is -1.90. The van der Waals surface area contributed by atoms with E-state index in [4.69, 9.17) is 5.11 Å². The quantitative estimate of drug-likeness (QED) is 0.355. The summed E-state index contributed by atoms with van der Waals surface area (Å²) in [4.78, 5) is 22.3. The number of ketones is 1. The minimum absolute atomic E-state index is 0.399. The van der Waals surface area contributed by atoms with Gasteiger partial charge in [-0.3, -0.25) is 4.79 Å². The van der Waals surface area contributed by atoms with Gasteiger partial charge in [-0.15, -0.1) is 0 Å². The summed E-state index contributed by atoms with van der Waals surface area (Å²) in [5, 5.41) is 8.65. The molecule has 0 radical (unpaired) electrons. The van der Waals surface area contributed by atoms with Crippen molar-refractivity contribution in [2.45, 2.75) is 13.8 Å². The molecule has 0 atom stereocenters. The van der Waals surface area contributed by atoms with Crippen LogP contribution in [0.1, 0.15) is 21.5 Å². The molecule has 0 fully saturated rings. The minimum atomic E-state index is -1.28. The number of hydrogen-bond donors (Lipinski definition) is 1. The van der Waals surface area contributed by atoms with E-state index in [9.17, 15) is 9.59 Å². The molecule has 0 aliphatic rings. The molecule has 0 saturated heterocycles. The van der Waals surface area contributed by atoms with Gasteiger partial charge in [0.05, 0.1) is 0 Å². The Bertz CT molecular complexity index is 444. The maximum absolute atomic E-state index is 11.7. The first-order valence-electron chi connectivity index (χ1n) is 4.47. The number of carboxylic acids is 1. The molecule has 0 aromatic heterocycles. The van der Waals surface area contributed by atoms with Gasteiger partial charge < -0.3 is 5.11 Å². The van der Waals surface area contributed by atoms with Gasteiger partial charge in [0.15, 0.2) is 5.78 Å². The van der Waals surface area contributed by atoms with Gasteiger partial charge in [0, 0.05) is 5.56 Å². The molecule has 0 aliphatic carbocycles. The normalized spacial score (nSPS) is 9.73. The van der Waals surface area contributed by atoms with Crippen LogP contribution in [0.5, 0.6) is 0 Å². The molecule has 0 heterocycles. The minimum Gasteiger partial charge on any atom is -0.478 e. The van der Waals surface area contributed by atoms with Crippen molar-refractivity contribution in [3.63, 3.8) is 0 Å². The molecular weight excluding hydrogens is 192 g/mol. The second kappa shape index (κ2) is 4.09. The molecule has 78 valence electrons. The second-order valence-corrected chi connectivity index (χ2v) is 3.43. The van der Waals surface area contributed by atoms with Gasteiger partial charge in [-0.1, -0.05) is 24.3 Å². The highest BCUT2D eigenvalue weighted by molar-refractivity contribution is 6.23. The molecule has 1 aromatic carbocycles. The number of carbonyl (C=O) groups is 2. The van der Waals surface area contributed by atoms with Crippen LogP contribution < -0.4 is 0 Å². The fourth-order valence-corrected chi connectivity index (χ4v) is 1.24. The van der Waals surface area contributed by atoms with Crippen molar-refractivity contribution in [1.82, 2.24) is 0 Å². The zero-order chi connectivity index (χ0) is 11.6. The fourth-order valence-electron chi connectivity index (χ4n) is 1.24. The molecule has 1 aromatic rings. The highest BCUT2D eigenvalue weighted by Crippen LogP contribution is 2.14. The fraction of sp³-hybridized carbons (Fsp3) is 0.167. The highest BCUT2D eigenvalue weighted by Gasteiger charge is 2.18. The summed E-state index contributed by atoms with van der Waals surface area (Å²) in [5.74, 6) is -1.80. The maximum atomic E-state index is 11.7. The Kier molecular flexibility index (Phi) is 3.04. The van der Waals surface area contributed by atoms with Crippen molar-refractivity contribution in [2.75, 3.05) is 0 Å². The van der Waals surface area contributed by atoms with Crippen LogP contribution in [0.25, 0.3) is 0 Å². The van der Waals surface area contributed by atoms with E-state index in [1.807, 2.05) is 13.0 Å². The molecule has 0 spiro atoms. The van der Waals surface area contributed by atoms with Crippen LogP contribution in [-0.2, 0) is 4.79 Å². The van der Waals surface area contributed by atoms with Crippen LogP contribution in [0.2, 0.25) is 0 Å². The lowest BCUT2D eigenvalue weighted by molar-refractivity contribution is -0.132. The van der Waals surface area contributed by atoms with E-state index in [1.165, 1.54) is 0 Å². The topological polar surface area (TPSA) is 54.4 Å². The third-order valence-corrected chi connectivity index (χ3v) is 2.17. The zero-order valence-corrected chi connectivity index (χ0v) is 8.70. The molecule has 3 heteroatoms. The van der Waals surface area contributed by atoms with Crippen molar-refractivity contribution in [3.05, 3.63) is 47.0 Å². The average molecular weight is 204 g/mol. The Morgan fingerprint density at radius 1 is 1.27 bits per heavy atom. The van der Waals surface area contributed by atoms with Crippen molar-refractivity contribution >= 4 is 11.8 Å². The molecule has 0 unspecified atom stereocenters. The Morgan fingerprint density at radius 3 is 2.40 bits per heavy atom. The smallest absolute Gasteiger partial charge is 0.339 e. The third kappa shape index (κ3) is 2.31. The molecule has 1 rings (SSSR count). The molecule has 15 heavy (non-hydrogen) atoms. The number of rotatable bonds is 3. The summed E-state index contributed by atoms with van der Waals surface area (Å²) in [6.45, 7) is 6.86. The second-order valence-electron chi connectivity index (χ2n) is 3.43. The number of benzene rings is 1. The first-order valence-corrected chi connectivity index (χ1v) is 4.47. The van der Waals surface area contributed by atoms with Gasteiger partial charge >= 0.3 is 5.97 Å². The standard InChI is InChI=1S/C12H12O3/c1-7-4-5-8(2)10(6-7)11(13)9(3)12(14)15/h4-6H,3H2,1-2H3,(H,14,15). The summed E-state index contributed by atoms with van der Waals surface area (Å²) in [5.41, 5.74) is 1.68. The summed E-state index contributed by atoms with van der Waals surface area (Å²) >= 11 is 0. The summed E-state index contributed by atoms with van der Waals surface area (Å²) in [7, 11) is 0. The van der Waals surface area contributed by atoms with Gasteiger partial charge in [0.2, 0.25) is 0 Å². The highest BCUT2D eigenvalue weighted by atomic mass is 16.4. The first kappa shape index (κ1) is 11.2. The summed E-state index contributed by atoms with van der Waals surface area (Å²) in [6, 6.07) is 5.33.